The Morgan fingerprint density at radius 3 is 1.60 bits per heavy atom. The average molecular weight is 1240 g/mol. The van der Waals surface area contributed by atoms with Crippen LogP contribution < -0.4 is 14.5 Å². The summed E-state index contributed by atoms with van der Waals surface area (Å²) in [5, 5.41) is 2.18. The normalized spacial score (nSPS) is 13.5. The molecule has 6 heteroatoms. The Kier molecular flexibility index (Phi) is 13.1. The molecule has 0 bridgehead atoms. The molecule has 2 aliphatic rings. The summed E-state index contributed by atoms with van der Waals surface area (Å²) < 4.78 is 9.80. The van der Waals surface area contributed by atoms with E-state index < -0.39 is 5.41 Å². The van der Waals surface area contributed by atoms with Gasteiger partial charge in [0.05, 0.1) is 0 Å². The van der Waals surface area contributed by atoms with Crippen LogP contribution in [0, 0.1) is 18.8 Å². The number of anilines is 4. The molecule has 3 heterocycles. The number of pyridine rings is 1. The quantitative estimate of drug-likeness (QED) is 0.135. The standard InChI is InChI=1S/C76H61N4O.Pt/c1-74(2,3)53-39-40-77-72(45-53)80-67-36-22-19-33-60(67)64-47-61(50-25-11-8-12-26-50)71(48-70(64)80)81-57-42-55(76(7)65-34-20-17-31-58(65)59-32-18-21-35-66(59)76)41-56(46-57)78-49-79(69-38-24-23-37-68(69)78)73-62(51-27-13-9-14-28-51)43-54(75(4,5)6)44-63(73)52-29-15-10-16-30-52;/h8-45,47,49H,1-7H3;/q-3;. The van der Waals surface area contributed by atoms with Crippen molar-refractivity contribution in [2.45, 2.75) is 64.7 Å². The van der Waals surface area contributed by atoms with Crippen LogP contribution in [0.2, 0.25) is 0 Å². The van der Waals surface area contributed by atoms with Gasteiger partial charge in [-0.2, -0.15) is 6.07 Å². The number of rotatable bonds is 9. The van der Waals surface area contributed by atoms with E-state index in [2.05, 4.69) is 312 Å². The molecule has 0 fully saturated rings. The SMILES string of the molecule is CC(C)(C)c1ccnc(-n2c3[c-]c(Oc4[c-]c(N5[CH-]N(c6c(-c7ccccc7)cc(C(C)(C)C)cc6-c6ccccc6)c6ccccc65)cc(C5(C)c6ccccc6-c6ccccc65)c4)c(-c4ccccc4)cc3c3ccccc32)c1.[Pt]. The number of fused-ring (bicyclic) bond motifs is 7. The summed E-state index contributed by atoms with van der Waals surface area (Å²) in [6, 6.07) is 91.1. The molecule has 1 aliphatic carbocycles. The Labute approximate surface area is 496 Å². The molecule has 2 aromatic heterocycles. The van der Waals surface area contributed by atoms with Crippen molar-refractivity contribution in [1.29, 1.82) is 0 Å². The molecular formula is C76H61N4OPt-3. The summed E-state index contributed by atoms with van der Waals surface area (Å²) in [5.41, 5.74) is 20.2. The van der Waals surface area contributed by atoms with Crippen molar-refractivity contribution in [2.75, 3.05) is 9.80 Å². The Bertz CT molecular complexity index is 4290. The number of hydrogen-bond acceptors (Lipinski definition) is 4. The van der Waals surface area contributed by atoms with Crippen molar-refractivity contribution in [2.24, 2.45) is 0 Å². The van der Waals surface area contributed by atoms with E-state index in [0.717, 1.165) is 89.3 Å². The first-order valence-corrected chi connectivity index (χ1v) is 28.1. The van der Waals surface area contributed by atoms with Crippen molar-refractivity contribution in [3.8, 4) is 61.8 Å². The number of ether oxygens (including phenoxy) is 1. The maximum atomic E-state index is 7.56. The Hall–Kier alpha value is -8.76. The molecule has 5 nitrogen and oxygen atoms in total. The number of benzene rings is 10. The van der Waals surface area contributed by atoms with Gasteiger partial charge < -0.3 is 19.1 Å². The van der Waals surface area contributed by atoms with Gasteiger partial charge in [0.25, 0.3) is 0 Å². The zero-order valence-corrected chi connectivity index (χ0v) is 49.4. The van der Waals surface area contributed by atoms with Gasteiger partial charge >= 0.3 is 0 Å². The maximum absolute atomic E-state index is 7.56. The average Bonchev–Trinajstić information content (AvgIpc) is 4.01. The van der Waals surface area contributed by atoms with E-state index in [-0.39, 0.29) is 31.9 Å². The molecule has 10 aromatic carbocycles. The fraction of sp³-hybridized carbons (Fsp3) is 0.132. The first-order valence-electron chi connectivity index (χ1n) is 28.1. The van der Waals surface area contributed by atoms with Gasteiger partial charge in [-0.25, -0.2) is 4.98 Å². The number of hydrogen-bond donors (Lipinski definition) is 0. The van der Waals surface area contributed by atoms with E-state index in [4.69, 9.17) is 9.72 Å². The summed E-state index contributed by atoms with van der Waals surface area (Å²) >= 11 is 0. The molecule has 0 amide bonds. The minimum atomic E-state index is -0.566. The Balaban J connectivity index is 0.00000631. The van der Waals surface area contributed by atoms with Crippen molar-refractivity contribution in [3.63, 3.8) is 0 Å². The van der Waals surface area contributed by atoms with Crippen LogP contribution >= 0.6 is 0 Å². The smallest absolute Gasteiger partial charge is 0.135 e. The molecule has 0 atom stereocenters. The molecule has 0 N–H and O–H groups in total. The van der Waals surface area contributed by atoms with Gasteiger partial charge in [0.1, 0.15) is 5.82 Å². The molecule has 0 saturated carbocycles. The van der Waals surface area contributed by atoms with Crippen LogP contribution in [0.5, 0.6) is 11.5 Å². The van der Waals surface area contributed by atoms with E-state index in [1.807, 2.05) is 6.20 Å². The molecule has 82 heavy (non-hydrogen) atoms. The topological polar surface area (TPSA) is 33.5 Å². The van der Waals surface area contributed by atoms with Crippen LogP contribution in [0.15, 0.2) is 237 Å². The van der Waals surface area contributed by atoms with Crippen molar-refractivity contribution < 1.29 is 25.8 Å². The Morgan fingerprint density at radius 2 is 1.00 bits per heavy atom. The third-order valence-corrected chi connectivity index (χ3v) is 16.7. The summed E-state index contributed by atoms with van der Waals surface area (Å²) in [6.45, 7) is 18.3. The monoisotopic (exact) mass is 1240 g/mol. The Morgan fingerprint density at radius 1 is 0.476 bits per heavy atom. The fourth-order valence-electron chi connectivity index (χ4n) is 12.4. The van der Waals surface area contributed by atoms with Crippen molar-refractivity contribution in [1.82, 2.24) is 9.55 Å². The summed E-state index contributed by atoms with van der Waals surface area (Å²) in [5.74, 6) is 1.99. The third-order valence-electron chi connectivity index (χ3n) is 16.7. The number of nitrogens with zero attached hydrogens (tertiary/aromatic N) is 4. The molecule has 12 aromatic rings. The van der Waals surface area contributed by atoms with E-state index >= 15 is 0 Å². The molecule has 0 saturated heterocycles. The van der Waals surface area contributed by atoms with Crippen LogP contribution in [0.25, 0.3) is 72.1 Å². The third kappa shape index (κ3) is 8.85. The molecule has 404 valence electrons. The maximum Gasteiger partial charge on any atom is 0.135 e. The predicted octanol–water partition coefficient (Wildman–Crippen LogP) is 19.9. The predicted molar refractivity (Wildman–Crippen MR) is 335 cm³/mol. The number of aromatic nitrogens is 2. The van der Waals surface area contributed by atoms with Crippen LogP contribution in [0.3, 0.4) is 0 Å². The van der Waals surface area contributed by atoms with E-state index in [1.54, 1.807) is 0 Å². The van der Waals surface area contributed by atoms with Gasteiger partial charge in [0.15, 0.2) is 0 Å². The van der Waals surface area contributed by atoms with Gasteiger partial charge in [-0.05, 0) is 110 Å². The zero-order chi connectivity index (χ0) is 55.2. The first kappa shape index (κ1) is 52.6. The summed E-state index contributed by atoms with van der Waals surface area (Å²) in [4.78, 5) is 9.74. The molecule has 0 radical (unpaired) electrons. The van der Waals surface area contributed by atoms with Gasteiger partial charge in [-0.1, -0.05) is 228 Å². The van der Waals surface area contributed by atoms with Crippen LogP contribution in [-0.2, 0) is 37.3 Å². The molecule has 0 unspecified atom stereocenters. The molecule has 1 aliphatic heterocycles. The second kappa shape index (κ2) is 20.3. The van der Waals surface area contributed by atoms with Crippen LogP contribution in [-0.4, -0.2) is 9.55 Å². The largest absolute Gasteiger partial charge is 0.509 e. The zero-order valence-electron chi connectivity index (χ0n) is 47.1. The van der Waals surface area contributed by atoms with Gasteiger partial charge in [-0.15, -0.1) is 47.6 Å². The van der Waals surface area contributed by atoms with E-state index in [1.165, 1.54) is 33.4 Å². The molecular weight excluding hydrogens is 1180 g/mol. The van der Waals surface area contributed by atoms with Gasteiger partial charge in [-0.3, -0.25) is 0 Å². The van der Waals surface area contributed by atoms with Crippen molar-refractivity contribution in [3.05, 3.63) is 283 Å². The van der Waals surface area contributed by atoms with Gasteiger partial charge in [0.2, 0.25) is 0 Å². The van der Waals surface area contributed by atoms with Crippen molar-refractivity contribution >= 4 is 44.6 Å². The fourth-order valence-corrected chi connectivity index (χ4v) is 12.4. The van der Waals surface area contributed by atoms with Crippen LogP contribution in [0.1, 0.15) is 76.3 Å². The van der Waals surface area contributed by atoms with Crippen LogP contribution in [0.4, 0.5) is 22.7 Å². The second-order valence-electron chi connectivity index (χ2n) is 23.8. The second-order valence-corrected chi connectivity index (χ2v) is 23.8. The van der Waals surface area contributed by atoms with E-state index in [9.17, 15) is 0 Å². The minimum Gasteiger partial charge on any atom is -0.509 e. The molecule has 0 spiro atoms. The summed E-state index contributed by atoms with van der Waals surface area (Å²) in [7, 11) is 0. The molecule has 14 rings (SSSR count). The first-order chi connectivity index (χ1) is 39.3. The summed E-state index contributed by atoms with van der Waals surface area (Å²) in [6.07, 6.45) is 1.93. The van der Waals surface area contributed by atoms with Gasteiger partial charge in [0, 0.05) is 77.9 Å². The van der Waals surface area contributed by atoms with E-state index in [0.29, 0.717) is 11.5 Å². The number of para-hydroxylation sites is 3. The minimum absolute atomic E-state index is 0.